The fourth-order valence-electron chi connectivity index (χ4n) is 4.62. The molecule has 3 atom stereocenters. The Morgan fingerprint density at radius 3 is 2.00 bits per heavy atom. The topological polar surface area (TPSA) is 6.48 Å². The molecule has 0 unspecified atom stereocenters. The Balaban J connectivity index is 2.09. The quantitative estimate of drug-likeness (QED) is 0.764. The zero-order valence-electron chi connectivity index (χ0n) is 14.3. The maximum Gasteiger partial charge on any atom is 0.0179 e. The third-order valence-electron chi connectivity index (χ3n) is 5.26. The Morgan fingerprint density at radius 1 is 1.11 bits per heavy atom. The van der Waals surface area contributed by atoms with Crippen molar-refractivity contribution in [2.75, 3.05) is 6.54 Å². The zero-order chi connectivity index (χ0) is 14.6. The van der Waals surface area contributed by atoms with Gasteiger partial charge in [0.05, 0.1) is 0 Å². The van der Waals surface area contributed by atoms with Crippen LogP contribution in [0.25, 0.3) is 0 Å². The molecule has 19 heavy (non-hydrogen) atoms. The predicted octanol–water partition coefficient (Wildman–Crippen LogP) is 3.76. The van der Waals surface area contributed by atoms with Crippen LogP contribution in [0.4, 0.5) is 0 Å². The van der Waals surface area contributed by atoms with Crippen LogP contribution in [0.2, 0.25) is 0 Å². The van der Waals surface area contributed by atoms with E-state index in [-0.39, 0.29) is 0 Å². The molecule has 2 heteroatoms. The van der Waals surface area contributed by atoms with Gasteiger partial charge < -0.3 is 0 Å². The molecular weight excluding hydrogens is 232 g/mol. The highest BCUT2D eigenvalue weighted by molar-refractivity contribution is 5.19. The second-order valence-electron chi connectivity index (χ2n) is 8.57. The van der Waals surface area contributed by atoms with E-state index >= 15 is 0 Å². The third kappa shape index (κ3) is 2.71. The van der Waals surface area contributed by atoms with Crippen molar-refractivity contribution in [2.24, 2.45) is 5.41 Å². The van der Waals surface area contributed by atoms with Gasteiger partial charge in [-0.2, -0.15) is 0 Å². The van der Waals surface area contributed by atoms with E-state index in [1.165, 1.54) is 19.4 Å². The highest BCUT2D eigenvalue weighted by Gasteiger charge is 2.65. The maximum atomic E-state index is 2.78. The van der Waals surface area contributed by atoms with Gasteiger partial charge in [-0.15, -0.1) is 0 Å². The van der Waals surface area contributed by atoms with E-state index in [9.17, 15) is 0 Å². The van der Waals surface area contributed by atoms with E-state index in [4.69, 9.17) is 0 Å². The van der Waals surface area contributed by atoms with Crippen molar-refractivity contribution in [3.05, 3.63) is 0 Å². The van der Waals surface area contributed by atoms with E-state index in [2.05, 4.69) is 65.2 Å². The SMILES string of the molecule is CC(C)N(C[C@@]12C[C@@H](C)N(C(C)(C)C)[C@@H]1C2)C(C)C. The standard InChI is InChI=1S/C17H34N2/c1-12(2)18(13(3)4)11-17-9-14(5)19(15(17)10-17)16(6,7)8/h12-15H,9-11H2,1-8H3/t14-,15-,17+/m1/s1. The molecule has 112 valence electrons. The summed E-state index contributed by atoms with van der Waals surface area (Å²) in [6.07, 6.45) is 2.81. The van der Waals surface area contributed by atoms with Crippen molar-refractivity contribution in [1.82, 2.24) is 9.80 Å². The van der Waals surface area contributed by atoms with Gasteiger partial charge >= 0.3 is 0 Å². The van der Waals surface area contributed by atoms with E-state index in [0.29, 0.717) is 23.0 Å². The van der Waals surface area contributed by atoms with Gasteiger partial charge in [-0.1, -0.05) is 0 Å². The first kappa shape index (κ1) is 15.3. The van der Waals surface area contributed by atoms with Crippen LogP contribution in [0.15, 0.2) is 0 Å². The number of rotatable bonds is 4. The summed E-state index contributed by atoms with van der Waals surface area (Å²) in [6.45, 7) is 20.2. The molecule has 1 aliphatic heterocycles. The summed E-state index contributed by atoms with van der Waals surface area (Å²) in [5.41, 5.74) is 0.921. The molecule has 0 spiro atoms. The smallest absolute Gasteiger partial charge is 0.0179 e. The lowest BCUT2D eigenvalue weighted by Crippen LogP contribution is -2.45. The van der Waals surface area contributed by atoms with E-state index in [0.717, 1.165) is 12.1 Å². The average Bonchev–Trinajstić information content (AvgIpc) is 2.78. The van der Waals surface area contributed by atoms with Gasteiger partial charge in [-0.25, -0.2) is 0 Å². The molecule has 2 rings (SSSR count). The largest absolute Gasteiger partial charge is 0.298 e. The summed E-state index contributed by atoms with van der Waals surface area (Å²) in [5.74, 6) is 0. The lowest BCUT2D eigenvalue weighted by Gasteiger charge is -2.37. The predicted molar refractivity (Wildman–Crippen MR) is 83.5 cm³/mol. The number of hydrogen-bond donors (Lipinski definition) is 0. The van der Waals surface area contributed by atoms with E-state index < -0.39 is 0 Å². The molecule has 0 aromatic rings. The molecule has 0 aromatic carbocycles. The minimum absolute atomic E-state index is 0.322. The molecule has 0 radical (unpaired) electrons. The van der Waals surface area contributed by atoms with E-state index in [1.807, 2.05) is 0 Å². The number of likely N-dealkylation sites (tertiary alicyclic amines) is 1. The van der Waals surface area contributed by atoms with Crippen molar-refractivity contribution >= 4 is 0 Å². The fourth-order valence-corrected chi connectivity index (χ4v) is 4.62. The minimum Gasteiger partial charge on any atom is -0.298 e. The fraction of sp³-hybridized carbons (Fsp3) is 1.00. The summed E-state index contributed by atoms with van der Waals surface area (Å²) in [7, 11) is 0. The van der Waals surface area contributed by atoms with Crippen LogP contribution in [0.1, 0.15) is 68.2 Å². The molecule has 0 amide bonds. The Hall–Kier alpha value is -0.0800. The van der Waals surface area contributed by atoms with Crippen molar-refractivity contribution in [1.29, 1.82) is 0 Å². The van der Waals surface area contributed by atoms with Gasteiger partial charge in [0.2, 0.25) is 0 Å². The van der Waals surface area contributed by atoms with Crippen LogP contribution in [-0.4, -0.2) is 46.1 Å². The number of piperidine rings is 1. The van der Waals surface area contributed by atoms with Gasteiger partial charge in [0.25, 0.3) is 0 Å². The van der Waals surface area contributed by atoms with E-state index in [1.54, 1.807) is 0 Å². The van der Waals surface area contributed by atoms with Gasteiger partial charge in [0.15, 0.2) is 0 Å². The Bertz CT molecular complexity index is 321. The maximum absolute atomic E-state index is 2.78. The van der Waals surface area contributed by atoms with Crippen LogP contribution in [0, 0.1) is 5.41 Å². The lowest BCUT2D eigenvalue weighted by atomic mass is 9.97. The van der Waals surface area contributed by atoms with Crippen LogP contribution in [0.5, 0.6) is 0 Å². The Kier molecular flexibility index (Phi) is 3.81. The molecule has 1 aliphatic carbocycles. The first-order valence-electron chi connectivity index (χ1n) is 8.13. The second-order valence-corrected chi connectivity index (χ2v) is 8.57. The lowest BCUT2D eigenvalue weighted by molar-refractivity contribution is 0.103. The van der Waals surface area contributed by atoms with Crippen LogP contribution in [-0.2, 0) is 0 Å². The Morgan fingerprint density at radius 2 is 1.63 bits per heavy atom. The molecule has 2 nitrogen and oxygen atoms in total. The van der Waals surface area contributed by atoms with Gasteiger partial charge in [-0.3, -0.25) is 9.80 Å². The van der Waals surface area contributed by atoms with Gasteiger partial charge in [-0.05, 0) is 68.2 Å². The van der Waals surface area contributed by atoms with Crippen LogP contribution >= 0.6 is 0 Å². The van der Waals surface area contributed by atoms with Crippen molar-refractivity contribution in [3.63, 3.8) is 0 Å². The summed E-state index contributed by atoms with van der Waals surface area (Å²) in [5, 5.41) is 0. The highest BCUT2D eigenvalue weighted by Crippen LogP contribution is 2.61. The number of hydrogen-bond acceptors (Lipinski definition) is 2. The average molecular weight is 266 g/mol. The number of fused-ring (bicyclic) bond motifs is 1. The van der Waals surface area contributed by atoms with Crippen molar-refractivity contribution < 1.29 is 0 Å². The number of nitrogens with zero attached hydrogens (tertiary/aromatic N) is 2. The highest BCUT2D eigenvalue weighted by atomic mass is 15.3. The van der Waals surface area contributed by atoms with Crippen LogP contribution < -0.4 is 0 Å². The monoisotopic (exact) mass is 266 g/mol. The molecule has 2 fully saturated rings. The third-order valence-corrected chi connectivity index (χ3v) is 5.26. The summed E-state index contributed by atoms with van der Waals surface area (Å²) >= 11 is 0. The molecule has 0 aromatic heterocycles. The summed E-state index contributed by atoms with van der Waals surface area (Å²) in [4.78, 5) is 5.48. The van der Waals surface area contributed by atoms with Gasteiger partial charge in [0.1, 0.15) is 0 Å². The first-order valence-corrected chi connectivity index (χ1v) is 8.13. The molecule has 0 N–H and O–H groups in total. The normalized spacial score (nSPS) is 35.5. The zero-order valence-corrected chi connectivity index (χ0v) is 14.3. The molecule has 1 heterocycles. The van der Waals surface area contributed by atoms with Crippen molar-refractivity contribution in [3.8, 4) is 0 Å². The molecule has 1 saturated carbocycles. The Labute approximate surface area is 120 Å². The molecule has 2 aliphatic rings. The summed E-state index contributed by atoms with van der Waals surface area (Å²) in [6, 6.07) is 2.91. The molecule has 1 saturated heterocycles. The van der Waals surface area contributed by atoms with Crippen molar-refractivity contribution in [2.45, 2.75) is 97.9 Å². The molecule has 0 bridgehead atoms. The minimum atomic E-state index is 0.322. The van der Waals surface area contributed by atoms with Gasteiger partial charge in [0, 0.05) is 41.7 Å². The first-order chi connectivity index (χ1) is 8.58. The molecular formula is C17H34N2. The summed E-state index contributed by atoms with van der Waals surface area (Å²) < 4.78 is 0. The van der Waals surface area contributed by atoms with Crippen LogP contribution in [0.3, 0.4) is 0 Å². The second kappa shape index (κ2) is 4.73.